The van der Waals surface area contributed by atoms with E-state index in [4.69, 9.17) is 0 Å². The SMILES string of the molecule is C[C@@H]1CCC[C@H]1S. The van der Waals surface area contributed by atoms with Crippen molar-refractivity contribution < 1.29 is 0 Å². The van der Waals surface area contributed by atoms with Crippen LogP contribution >= 0.6 is 12.6 Å². The zero-order valence-electron chi connectivity index (χ0n) is 4.72. The maximum Gasteiger partial charge on any atom is 0.00424 e. The maximum absolute atomic E-state index is 4.39. The molecule has 0 nitrogen and oxygen atoms in total. The van der Waals surface area contributed by atoms with Crippen molar-refractivity contribution in [3.05, 3.63) is 0 Å². The second-order valence-electron chi connectivity index (χ2n) is 2.48. The van der Waals surface area contributed by atoms with Gasteiger partial charge < -0.3 is 0 Å². The molecule has 0 saturated heterocycles. The molecular weight excluding hydrogens is 104 g/mol. The molecule has 0 spiro atoms. The molecule has 0 N–H and O–H groups in total. The Morgan fingerprint density at radius 2 is 2.14 bits per heavy atom. The van der Waals surface area contributed by atoms with Gasteiger partial charge in [-0.05, 0) is 18.8 Å². The van der Waals surface area contributed by atoms with Crippen LogP contribution in [0.15, 0.2) is 0 Å². The summed E-state index contributed by atoms with van der Waals surface area (Å²) < 4.78 is 0. The average Bonchev–Trinajstić information content (AvgIpc) is 1.91. The van der Waals surface area contributed by atoms with Crippen molar-refractivity contribution in [3.63, 3.8) is 0 Å². The van der Waals surface area contributed by atoms with Gasteiger partial charge in [0.1, 0.15) is 0 Å². The Bertz CT molecular complexity index is 53.2. The molecule has 1 fully saturated rings. The molecule has 0 radical (unpaired) electrons. The molecule has 1 heteroatoms. The summed E-state index contributed by atoms with van der Waals surface area (Å²) in [5.41, 5.74) is 0. The zero-order valence-corrected chi connectivity index (χ0v) is 5.62. The molecule has 1 saturated carbocycles. The van der Waals surface area contributed by atoms with Gasteiger partial charge >= 0.3 is 0 Å². The molecule has 7 heavy (non-hydrogen) atoms. The van der Waals surface area contributed by atoms with Gasteiger partial charge in [-0.2, -0.15) is 12.6 Å². The van der Waals surface area contributed by atoms with E-state index in [9.17, 15) is 0 Å². The molecule has 0 bridgehead atoms. The first-order valence-electron chi connectivity index (χ1n) is 2.99. The molecule has 0 aliphatic heterocycles. The van der Waals surface area contributed by atoms with Crippen LogP contribution in [0.2, 0.25) is 0 Å². The summed E-state index contributed by atoms with van der Waals surface area (Å²) in [4.78, 5) is 0. The fraction of sp³-hybridized carbons (Fsp3) is 1.00. The topological polar surface area (TPSA) is 0 Å². The Labute approximate surface area is 50.7 Å². The van der Waals surface area contributed by atoms with E-state index in [2.05, 4.69) is 19.6 Å². The lowest BCUT2D eigenvalue weighted by Crippen LogP contribution is -1.99. The average molecular weight is 116 g/mol. The van der Waals surface area contributed by atoms with E-state index >= 15 is 0 Å². The van der Waals surface area contributed by atoms with E-state index in [-0.39, 0.29) is 0 Å². The van der Waals surface area contributed by atoms with Gasteiger partial charge in [0, 0.05) is 5.25 Å². The predicted octanol–water partition coefficient (Wildman–Crippen LogP) is 2.10. The Balaban J connectivity index is 2.33. The highest BCUT2D eigenvalue weighted by atomic mass is 32.1. The van der Waals surface area contributed by atoms with Gasteiger partial charge in [-0.3, -0.25) is 0 Å². The first-order valence-corrected chi connectivity index (χ1v) is 3.50. The molecular formula is C6H12S. The minimum Gasteiger partial charge on any atom is -0.176 e. The minimum atomic E-state index is 0.708. The van der Waals surface area contributed by atoms with E-state index in [0.717, 1.165) is 5.92 Å². The monoisotopic (exact) mass is 116 g/mol. The van der Waals surface area contributed by atoms with Crippen molar-refractivity contribution >= 4 is 12.6 Å². The van der Waals surface area contributed by atoms with E-state index in [1.807, 2.05) is 0 Å². The third-order valence-electron chi connectivity index (χ3n) is 1.82. The summed E-state index contributed by atoms with van der Waals surface area (Å²) in [6.07, 6.45) is 4.13. The van der Waals surface area contributed by atoms with Crippen molar-refractivity contribution in [2.75, 3.05) is 0 Å². The van der Waals surface area contributed by atoms with Crippen molar-refractivity contribution in [2.24, 2.45) is 5.92 Å². The van der Waals surface area contributed by atoms with Crippen molar-refractivity contribution in [3.8, 4) is 0 Å². The van der Waals surface area contributed by atoms with Crippen LogP contribution in [-0.2, 0) is 0 Å². The van der Waals surface area contributed by atoms with Gasteiger partial charge in [-0.15, -0.1) is 0 Å². The summed E-state index contributed by atoms with van der Waals surface area (Å²) >= 11 is 4.39. The fourth-order valence-corrected chi connectivity index (χ4v) is 1.46. The predicted molar refractivity (Wildman–Crippen MR) is 35.8 cm³/mol. The number of rotatable bonds is 0. The summed E-state index contributed by atoms with van der Waals surface area (Å²) in [6, 6.07) is 0. The second-order valence-corrected chi connectivity index (χ2v) is 3.14. The van der Waals surface area contributed by atoms with Gasteiger partial charge in [0.25, 0.3) is 0 Å². The minimum absolute atomic E-state index is 0.708. The van der Waals surface area contributed by atoms with Crippen LogP contribution in [0, 0.1) is 5.92 Å². The zero-order chi connectivity index (χ0) is 5.28. The van der Waals surface area contributed by atoms with Gasteiger partial charge in [0.15, 0.2) is 0 Å². The molecule has 1 aliphatic carbocycles. The summed E-state index contributed by atoms with van der Waals surface area (Å²) in [5.74, 6) is 0.878. The lowest BCUT2D eigenvalue weighted by Gasteiger charge is -2.04. The fourth-order valence-electron chi connectivity index (χ4n) is 1.13. The van der Waals surface area contributed by atoms with Crippen LogP contribution in [0.4, 0.5) is 0 Å². The van der Waals surface area contributed by atoms with Crippen LogP contribution in [0.3, 0.4) is 0 Å². The highest BCUT2D eigenvalue weighted by Gasteiger charge is 2.18. The molecule has 0 aromatic heterocycles. The van der Waals surface area contributed by atoms with Gasteiger partial charge in [-0.25, -0.2) is 0 Å². The van der Waals surface area contributed by atoms with Crippen molar-refractivity contribution in [1.29, 1.82) is 0 Å². The standard InChI is InChI=1S/C6H12S/c1-5-3-2-4-6(5)7/h5-7H,2-4H2,1H3/t5-,6-/m1/s1. The molecule has 0 heterocycles. The van der Waals surface area contributed by atoms with Crippen LogP contribution in [0.5, 0.6) is 0 Å². The normalized spacial score (nSPS) is 42.0. The summed E-state index contributed by atoms with van der Waals surface area (Å²) in [7, 11) is 0. The third kappa shape index (κ3) is 1.12. The lowest BCUT2D eigenvalue weighted by atomic mass is 10.1. The largest absolute Gasteiger partial charge is 0.176 e. The molecule has 0 unspecified atom stereocenters. The van der Waals surface area contributed by atoms with Gasteiger partial charge in [0.05, 0.1) is 0 Å². The highest BCUT2D eigenvalue weighted by Crippen LogP contribution is 2.28. The van der Waals surface area contributed by atoms with Crippen LogP contribution < -0.4 is 0 Å². The Hall–Kier alpha value is 0.350. The Morgan fingerprint density at radius 3 is 2.29 bits per heavy atom. The van der Waals surface area contributed by atoms with Crippen LogP contribution in [-0.4, -0.2) is 5.25 Å². The lowest BCUT2D eigenvalue weighted by molar-refractivity contribution is 0.627. The van der Waals surface area contributed by atoms with E-state index in [1.54, 1.807) is 0 Å². The Morgan fingerprint density at radius 1 is 1.43 bits per heavy atom. The smallest absolute Gasteiger partial charge is 0.00424 e. The van der Waals surface area contributed by atoms with Crippen molar-refractivity contribution in [1.82, 2.24) is 0 Å². The maximum atomic E-state index is 4.39. The Kier molecular flexibility index (Phi) is 1.63. The quantitative estimate of drug-likeness (QED) is 0.460. The van der Waals surface area contributed by atoms with E-state index in [0.29, 0.717) is 5.25 Å². The van der Waals surface area contributed by atoms with E-state index in [1.165, 1.54) is 19.3 Å². The van der Waals surface area contributed by atoms with E-state index < -0.39 is 0 Å². The second kappa shape index (κ2) is 2.08. The van der Waals surface area contributed by atoms with Crippen molar-refractivity contribution in [2.45, 2.75) is 31.4 Å². The first-order chi connectivity index (χ1) is 3.30. The molecule has 1 aliphatic rings. The molecule has 0 aromatic carbocycles. The number of thiol groups is 1. The van der Waals surface area contributed by atoms with Crippen LogP contribution in [0.25, 0.3) is 0 Å². The molecule has 1 rings (SSSR count). The summed E-state index contributed by atoms with van der Waals surface area (Å²) in [5, 5.41) is 0.708. The number of hydrogen-bond acceptors (Lipinski definition) is 1. The summed E-state index contributed by atoms with van der Waals surface area (Å²) in [6.45, 7) is 2.28. The molecule has 0 amide bonds. The molecule has 2 atom stereocenters. The van der Waals surface area contributed by atoms with Gasteiger partial charge in [0.2, 0.25) is 0 Å². The molecule has 0 aromatic rings. The van der Waals surface area contributed by atoms with Crippen LogP contribution in [0.1, 0.15) is 26.2 Å². The van der Waals surface area contributed by atoms with Gasteiger partial charge in [-0.1, -0.05) is 13.3 Å². The molecule has 42 valence electrons. The highest BCUT2D eigenvalue weighted by molar-refractivity contribution is 7.81. The number of hydrogen-bond donors (Lipinski definition) is 1. The first kappa shape index (κ1) is 5.49. The third-order valence-corrected chi connectivity index (χ3v) is 2.58.